The van der Waals surface area contributed by atoms with Crippen molar-refractivity contribution < 1.29 is 31.9 Å². The monoisotopic (exact) mass is 424 g/mol. The smallest absolute Gasteiger partial charge is 0.366 e. The molecule has 2 amide bonds. The van der Waals surface area contributed by atoms with Crippen LogP contribution in [0.15, 0.2) is 18.2 Å². The first-order valence-corrected chi connectivity index (χ1v) is 8.44. The van der Waals surface area contributed by atoms with Gasteiger partial charge < -0.3 is 15.6 Å². The molecule has 0 aliphatic heterocycles. The zero-order valence-electron chi connectivity index (χ0n) is 16.0. The SMILES string of the molecule is Cc1c(C(N)=O)c(C)n(-c2ccc(F)c(C#N)c2)c1C(=O)C(=O)N[C@@H](C)C(F)(F)F. The highest BCUT2D eigenvalue weighted by atomic mass is 19.4. The normalized spacial score (nSPS) is 12.2. The Labute approximate surface area is 168 Å². The van der Waals surface area contributed by atoms with Gasteiger partial charge in [-0.1, -0.05) is 0 Å². The maximum Gasteiger partial charge on any atom is 0.408 e. The van der Waals surface area contributed by atoms with Crippen molar-refractivity contribution >= 4 is 17.6 Å². The first-order chi connectivity index (χ1) is 13.8. The number of Topliss-reactive ketones (excluding diaryl/α,β-unsaturated/α-hetero) is 1. The van der Waals surface area contributed by atoms with Crippen LogP contribution in [-0.2, 0) is 4.79 Å². The van der Waals surface area contributed by atoms with Crippen LogP contribution in [0.2, 0.25) is 0 Å². The Morgan fingerprint density at radius 2 is 1.83 bits per heavy atom. The molecule has 11 heteroatoms. The van der Waals surface area contributed by atoms with Gasteiger partial charge in [-0.25, -0.2) is 4.39 Å². The zero-order valence-corrected chi connectivity index (χ0v) is 16.0. The number of rotatable bonds is 5. The Morgan fingerprint density at radius 3 is 2.33 bits per heavy atom. The van der Waals surface area contributed by atoms with Gasteiger partial charge in [0.05, 0.1) is 11.1 Å². The number of halogens is 4. The van der Waals surface area contributed by atoms with Gasteiger partial charge in [0.2, 0.25) is 0 Å². The van der Waals surface area contributed by atoms with Crippen molar-refractivity contribution in [2.24, 2.45) is 5.73 Å². The van der Waals surface area contributed by atoms with Crippen molar-refractivity contribution in [3.05, 3.63) is 52.1 Å². The van der Waals surface area contributed by atoms with Crippen LogP contribution in [0, 0.1) is 31.0 Å². The number of nitrogens with two attached hydrogens (primary N) is 1. The van der Waals surface area contributed by atoms with Crippen LogP contribution in [0.25, 0.3) is 5.69 Å². The lowest BCUT2D eigenvalue weighted by Crippen LogP contribution is -2.46. The van der Waals surface area contributed by atoms with E-state index in [0.29, 0.717) is 6.92 Å². The Kier molecular flexibility index (Phi) is 6.01. The highest BCUT2D eigenvalue weighted by Gasteiger charge is 2.39. The number of nitrogens with one attached hydrogen (secondary N) is 1. The van der Waals surface area contributed by atoms with Gasteiger partial charge in [0, 0.05) is 11.4 Å². The summed E-state index contributed by atoms with van der Waals surface area (Å²) in [4.78, 5) is 36.8. The molecule has 0 fully saturated rings. The van der Waals surface area contributed by atoms with Crippen molar-refractivity contribution in [1.82, 2.24) is 9.88 Å². The van der Waals surface area contributed by atoms with Gasteiger partial charge in [0.15, 0.2) is 0 Å². The molecular formula is C19H16F4N4O3. The van der Waals surface area contributed by atoms with E-state index in [1.54, 1.807) is 11.4 Å². The third-order valence-corrected chi connectivity index (χ3v) is 4.49. The van der Waals surface area contributed by atoms with E-state index < -0.39 is 41.3 Å². The molecule has 3 N–H and O–H groups in total. The predicted molar refractivity (Wildman–Crippen MR) is 96.4 cm³/mol. The Hall–Kier alpha value is -3.68. The highest BCUT2D eigenvalue weighted by Crippen LogP contribution is 2.28. The summed E-state index contributed by atoms with van der Waals surface area (Å²) in [6, 6.07) is 2.50. The van der Waals surface area contributed by atoms with E-state index in [-0.39, 0.29) is 28.1 Å². The van der Waals surface area contributed by atoms with E-state index in [0.717, 1.165) is 16.7 Å². The number of ketones is 1. The minimum Gasteiger partial charge on any atom is -0.366 e. The quantitative estimate of drug-likeness (QED) is 0.435. The minimum atomic E-state index is -4.78. The Bertz CT molecular complexity index is 1100. The molecule has 2 aromatic rings. The first kappa shape index (κ1) is 22.6. The van der Waals surface area contributed by atoms with Gasteiger partial charge >= 0.3 is 6.18 Å². The molecule has 1 aromatic heterocycles. The average molecular weight is 424 g/mol. The lowest BCUT2D eigenvalue weighted by atomic mass is 10.1. The molecule has 0 radical (unpaired) electrons. The van der Waals surface area contributed by atoms with Crippen LogP contribution in [0.4, 0.5) is 17.6 Å². The molecule has 7 nitrogen and oxygen atoms in total. The maximum absolute atomic E-state index is 13.7. The number of hydrogen-bond acceptors (Lipinski definition) is 4. The highest BCUT2D eigenvalue weighted by molar-refractivity contribution is 6.43. The fraction of sp³-hybridized carbons (Fsp3) is 0.263. The number of benzene rings is 1. The Balaban J connectivity index is 2.69. The molecular weight excluding hydrogens is 408 g/mol. The van der Waals surface area contributed by atoms with Crippen LogP contribution in [-0.4, -0.2) is 34.4 Å². The topological polar surface area (TPSA) is 118 Å². The van der Waals surface area contributed by atoms with Crippen molar-refractivity contribution in [3.8, 4) is 11.8 Å². The molecule has 0 bridgehead atoms. The van der Waals surface area contributed by atoms with Gasteiger partial charge in [-0.15, -0.1) is 0 Å². The second-order valence-corrected chi connectivity index (χ2v) is 6.48. The lowest BCUT2D eigenvalue weighted by Gasteiger charge is -2.17. The number of nitriles is 1. The van der Waals surface area contributed by atoms with Gasteiger partial charge in [-0.2, -0.15) is 18.4 Å². The summed E-state index contributed by atoms with van der Waals surface area (Å²) in [6.07, 6.45) is -4.78. The standard InChI is InChI=1S/C19H16F4N4O3/c1-8-14(17(25)29)9(2)27(12-4-5-13(20)11(6-12)7-24)15(8)16(28)18(30)26-10(3)19(21,22)23/h4-6,10H,1-3H3,(H2,25,29)(H,26,30)/t10-/m0/s1. The fourth-order valence-corrected chi connectivity index (χ4v) is 2.98. The molecule has 30 heavy (non-hydrogen) atoms. The summed E-state index contributed by atoms with van der Waals surface area (Å²) >= 11 is 0. The van der Waals surface area contributed by atoms with E-state index in [1.165, 1.54) is 19.9 Å². The van der Waals surface area contributed by atoms with Gasteiger partial charge in [-0.3, -0.25) is 14.4 Å². The summed E-state index contributed by atoms with van der Waals surface area (Å²) in [5, 5.41) is 10.6. The van der Waals surface area contributed by atoms with E-state index in [9.17, 15) is 31.9 Å². The van der Waals surface area contributed by atoms with Crippen molar-refractivity contribution in [2.45, 2.75) is 33.0 Å². The summed E-state index contributed by atoms with van der Waals surface area (Å²) in [5.74, 6) is -4.70. The van der Waals surface area contributed by atoms with Crippen LogP contribution < -0.4 is 11.1 Å². The van der Waals surface area contributed by atoms with E-state index in [1.807, 2.05) is 0 Å². The van der Waals surface area contributed by atoms with E-state index in [2.05, 4.69) is 0 Å². The van der Waals surface area contributed by atoms with E-state index >= 15 is 0 Å². The second-order valence-electron chi connectivity index (χ2n) is 6.48. The van der Waals surface area contributed by atoms with Gasteiger partial charge in [0.1, 0.15) is 23.6 Å². The van der Waals surface area contributed by atoms with Crippen molar-refractivity contribution in [2.75, 3.05) is 0 Å². The van der Waals surface area contributed by atoms with Crippen molar-refractivity contribution in [1.29, 1.82) is 5.26 Å². The van der Waals surface area contributed by atoms with Crippen molar-refractivity contribution in [3.63, 3.8) is 0 Å². The molecule has 1 heterocycles. The number of primary amides is 1. The van der Waals surface area contributed by atoms with Crippen LogP contribution in [0.5, 0.6) is 0 Å². The minimum absolute atomic E-state index is 0.0392. The molecule has 158 valence electrons. The lowest BCUT2D eigenvalue weighted by molar-refractivity contribution is -0.156. The van der Waals surface area contributed by atoms with Crippen LogP contribution in [0.1, 0.15) is 44.6 Å². The molecule has 0 spiro atoms. The van der Waals surface area contributed by atoms with E-state index in [4.69, 9.17) is 11.0 Å². The molecule has 1 aromatic carbocycles. The number of carbonyl (C=O) groups excluding carboxylic acids is 3. The average Bonchev–Trinajstić information content (AvgIpc) is 2.91. The third kappa shape index (κ3) is 4.03. The molecule has 0 saturated carbocycles. The van der Waals surface area contributed by atoms with Crippen LogP contribution in [0.3, 0.4) is 0 Å². The summed E-state index contributed by atoms with van der Waals surface area (Å²) in [7, 11) is 0. The number of aromatic nitrogens is 1. The maximum atomic E-state index is 13.7. The first-order valence-electron chi connectivity index (χ1n) is 8.44. The molecule has 1 atom stereocenters. The number of amides is 2. The predicted octanol–water partition coefficient (Wildman–Crippen LogP) is 2.45. The van der Waals surface area contributed by atoms with Gasteiger partial charge in [0.25, 0.3) is 17.6 Å². The molecule has 0 aliphatic rings. The summed E-state index contributed by atoms with van der Waals surface area (Å²) < 4.78 is 53.0. The Morgan fingerprint density at radius 1 is 1.23 bits per heavy atom. The summed E-state index contributed by atoms with van der Waals surface area (Å²) in [6.45, 7) is 3.35. The number of nitrogens with zero attached hydrogens (tertiary/aromatic N) is 2. The van der Waals surface area contributed by atoms with Gasteiger partial charge in [-0.05, 0) is 44.5 Å². The second kappa shape index (κ2) is 7.98. The molecule has 0 unspecified atom stereocenters. The zero-order chi connectivity index (χ0) is 23.0. The number of alkyl halides is 3. The molecule has 0 aliphatic carbocycles. The third-order valence-electron chi connectivity index (χ3n) is 4.49. The molecule has 2 rings (SSSR count). The largest absolute Gasteiger partial charge is 0.408 e. The van der Waals surface area contributed by atoms with Crippen LogP contribution >= 0.6 is 0 Å². The molecule has 0 saturated heterocycles. The number of hydrogen-bond donors (Lipinski definition) is 2. The summed E-state index contributed by atoms with van der Waals surface area (Å²) in [5.41, 5.74) is 4.51. The fourth-order valence-electron chi connectivity index (χ4n) is 2.98. The number of carbonyl (C=O) groups is 3.